The third kappa shape index (κ3) is 3.80. The molecule has 0 fully saturated rings. The Bertz CT molecular complexity index is 543. The lowest BCUT2D eigenvalue weighted by molar-refractivity contribution is 0.355. The van der Waals surface area contributed by atoms with E-state index in [9.17, 15) is 0 Å². The summed E-state index contributed by atoms with van der Waals surface area (Å²) < 4.78 is 0. The van der Waals surface area contributed by atoms with Crippen molar-refractivity contribution in [2.45, 2.75) is 40.2 Å². The molecule has 2 rings (SSSR count). The van der Waals surface area contributed by atoms with Gasteiger partial charge in [-0.15, -0.1) is 0 Å². The Kier molecular flexibility index (Phi) is 5.13. The van der Waals surface area contributed by atoms with E-state index in [1.165, 1.54) is 10.9 Å². The number of para-hydroxylation sites is 1. The fraction of sp³-hybridized carbons (Fsp3) is 0.500. The first-order valence-electron chi connectivity index (χ1n) is 7.64. The molecule has 2 nitrogen and oxygen atoms in total. The molecule has 0 aliphatic heterocycles. The normalized spacial score (nSPS) is 14.7. The molecule has 0 bridgehead atoms. The Morgan fingerprint density at radius 1 is 1.00 bits per heavy atom. The molecule has 2 atom stereocenters. The highest BCUT2D eigenvalue weighted by molar-refractivity contribution is 5.81. The number of hydrogen-bond donors (Lipinski definition) is 1. The molecule has 1 N–H and O–H groups in total. The maximum atomic E-state index is 4.44. The van der Waals surface area contributed by atoms with Gasteiger partial charge >= 0.3 is 0 Å². The average molecular weight is 270 g/mol. The summed E-state index contributed by atoms with van der Waals surface area (Å²) in [5, 5.41) is 4.83. The molecule has 1 aromatic carbocycles. The van der Waals surface area contributed by atoms with Crippen molar-refractivity contribution >= 4 is 10.9 Å². The van der Waals surface area contributed by atoms with Crippen LogP contribution in [0.15, 0.2) is 36.5 Å². The van der Waals surface area contributed by atoms with Crippen molar-refractivity contribution in [1.29, 1.82) is 0 Å². The number of hydrogen-bond acceptors (Lipinski definition) is 2. The summed E-state index contributed by atoms with van der Waals surface area (Å²) in [6.45, 7) is 10.2. The molecule has 0 saturated carbocycles. The maximum Gasteiger partial charge on any atom is 0.0704 e. The third-order valence-corrected chi connectivity index (χ3v) is 4.10. The molecule has 108 valence electrons. The lowest BCUT2D eigenvalue weighted by Crippen LogP contribution is -2.31. The van der Waals surface area contributed by atoms with Gasteiger partial charge in [0, 0.05) is 17.6 Å². The second-order valence-corrected chi connectivity index (χ2v) is 6.21. The average Bonchev–Trinajstić information content (AvgIpc) is 2.45. The fourth-order valence-electron chi connectivity index (χ4n) is 2.50. The Morgan fingerprint density at radius 2 is 1.75 bits per heavy atom. The van der Waals surface area contributed by atoms with Crippen molar-refractivity contribution in [3.8, 4) is 0 Å². The summed E-state index contributed by atoms with van der Waals surface area (Å²) in [5.41, 5.74) is 2.52. The SMILES string of the molecule is CC(C)NCC(C)C(C)Cc1ccnc2ccccc12. The van der Waals surface area contributed by atoms with Gasteiger partial charge in [0.2, 0.25) is 0 Å². The van der Waals surface area contributed by atoms with E-state index in [2.05, 4.69) is 68.3 Å². The first-order chi connectivity index (χ1) is 9.58. The van der Waals surface area contributed by atoms with Crippen LogP contribution in [-0.2, 0) is 6.42 Å². The van der Waals surface area contributed by atoms with Crippen molar-refractivity contribution in [3.05, 3.63) is 42.1 Å². The van der Waals surface area contributed by atoms with E-state index in [4.69, 9.17) is 0 Å². The number of fused-ring (bicyclic) bond motifs is 1. The molecule has 2 heteroatoms. The van der Waals surface area contributed by atoms with Crippen LogP contribution in [-0.4, -0.2) is 17.6 Å². The van der Waals surface area contributed by atoms with Gasteiger partial charge in [0.05, 0.1) is 5.52 Å². The predicted molar refractivity (Wildman–Crippen MR) is 86.9 cm³/mol. The van der Waals surface area contributed by atoms with Crippen molar-refractivity contribution in [1.82, 2.24) is 10.3 Å². The van der Waals surface area contributed by atoms with Gasteiger partial charge in [-0.05, 0) is 42.5 Å². The van der Waals surface area contributed by atoms with Crippen LogP contribution in [0.1, 0.15) is 33.3 Å². The molecule has 2 aromatic rings. The standard InChI is InChI=1S/C18H26N2/c1-13(2)20-12-15(4)14(3)11-16-9-10-19-18-8-6-5-7-17(16)18/h5-10,13-15,20H,11-12H2,1-4H3. The van der Waals surface area contributed by atoms with E-state index in [1.807, 2.05) is 6.20 Å². The summed E-state index contributed by atoms with van der Waals surface area (Å²) in [6, 6.07) is 11.2. The predicted octanol–water partition coefficient (Wildman–Crippen LogP) is 4.05. The Morgan fingerprint density at radius 3 is 2.50 bits per heavy atom. The molecule has 1 heterocycles. The maximum absolute atomic E-state index is 4.44. The smallest absolute Gasteiger partial charge is 0.0704 e. The molecule has 0 spiro atoms. The Balaban J connectivity index is 2.07. The highest BCUT2D eigenvalue weighted by Gasteiger charge is 2.14. The van der Waals surface area contributed by atoms with E-state index in [0.717, 1.165) is 18.5 Å². The first kappa shape index (κ1) is 15.0. The monoisotopic (exact) mass is 270 g/mol. The van der Waals surface area contributed by atoms with E-state index >= 15 is 0 Å². The van der Waals surface area contributed by atoms with Crippen molar-refractivity contribution in [3.63, 3.8) is 0 Å². The quantitative estimate of drug-likeness (QED) is 0.856. The Labute approximate surface area is 122 Å². The van der Waals surface area contributed by atoms with Crippen LogP contribution in [0.3, 0.4) is 0 Å². The van der Waals surface area contributed by atoms with Crippen LogP contribution in [0.5, 0.6) is 0 Å². The third-order valence-electron chi connectivity index (χ3n) is 4.10. The van der Waals surface area contributed by atoms with Crippen molar-refractivity contribution < 1.29 is 0 Å². The molecule has 1 aromatic heterocycles. The minimum absolute atomic E-state index is 0.561. The van der Waals surface area contributed by atoms with E-state index < -0.39 is 0 Å². The highest BCUT2D eigenvalue weighted by Crippen LogP contribution is 2.22. The van der Waals surface area contributed by atoms with Gasteiger partial charge < -0.3 is 5.32 Å². The zero-order valence-electron chi connectivity index (χ0n) is 13.1. The topological polar surface area (TPSA) is 24.9 Å². The highest BCUT2D eigenvalue weighted by atomic mass is 14.9. The molecule has 20 heavy (non-hydrogen) atoms. The summed E-state index contributed by atoms with van der Waals surface area (Å²) >= 11 is 0. The molecule has 0 amide bonds. The largest absolute Gasteiger partial charge is 0.314 e. The van der Waals surface area contributed by atoms with Crippen LogP contribution in [0.4, 0.5) is 0 Å². The number of pyridine rings is 1. The molecule has 0 saturated heterocycles. The summed E-state index contributed by atoms with van der Waals surface area (Å²) in [6.07, 6.45) is 3.05. The second-order valence-electron chi connectivity index (χ2n) is 6.21. The van der Waals surface area contributed by atoms with Gasteiger partial charge in [0.15, 0.2) is 0 Å². The Hall–Kier alpha value is -1.41. The van der Waals surface area contributed by atoms with Gasteiger partial charge in [-0.25, -0.2) is 0 Å². The molecule has 2 unspecified atom stereocenters. The lowest BCUT2D eigenvalue weighted by atomic mass is 9.88. The lowest BCUT2D eigenvalue weighted by Gasteiger charge is -2.22. The molecular weight excluding hydrogens is 244 g/mol. The van der Waals surface area contributed by atoms with Gasteiger partial charge in [0.1, 0.15) is 0 Å². The van der Waals surface area contributed by atoms with E-state index in [1.54, 1.807) is 0 Å². The van der Waals surface area contributed by atoms with Gasteiger partial charge in [0.25, 0.3) is 0 Å². The number of rotatable bonds is 6. The minimum atomic E-state index is 0.561. The number of aromatic nitrogens is 1. The van der Waals surface area contributed by atoms with Crippen LogP contribution in [0, 0.1) is 11.8 Å². The summed E-state index contributed by atoms with van der Waals surface area (Å²) in [7, 11) is 0. The van der Waals surface area contributed by atoms with Crippen LogP contribution in [0.2, 0.25) is 0 Å². The zero-order chi connectivity index (χ0) is 14.5. The first-order valence-corrected chi connectivity index (χ1v) is 7.64. The molecule has 0 aliphatic carbocycles. The fourth-order valence-corrected chi connectivity index (χ4v) is 2.50. The van der Waals surface area contributed by atoms with Gasteiger partial charge in [-0.2, -0.15) is 0 Å². The summed E-state index contributed by atoms with van der Waals surface area (Å²) in [4.78, 5) is 4.44. The van der Waals surface area contributed by atoms with Crippen molar-refractivity contribution in [2.24, 2.45) is 11.8 Å². The second kappa shape index (κ2) is 6.85. The van der Waals surface area contributed by atoms with Gasteiger partial charge in [-0.3, -0.25) is 4.98 Å². The molecular formula is C18H26N2. The van der Waals surface area contributed by atoms with Crippen molar-refractivity contribution in [2.75, 3.05) is 6.54 Å². The number of nitrogens with zero attached hydrogens (tertiary/aromatic N) is 1. The minimum Gasteiger partial charge on any atom is -0.314 e. The molecule has 0 radical (unpaired) electrons. The van der Waals surface area contributed by atoms with Gasteiger partial charge in [-0.1, -0.05) is 45.9 Å². The zero-order valence-corrected chi connectivity index (χ0v) is 13.1. The van der Waals surface area contributed by atoms with Crippen LogP contribution in [0.25, 0.3) is 10.9 Å². The van der Waals surface area contributed by atoms with E-state index in [-0.39, 0.29) is 0 Å². The summed E-state index contributed by atoms with van der Waals surface area (Å²) in [5.74, 6) is 1.33. The van der Waals surface area contributed by atoms with Crippen LogP contribution >= 0.6 is 0 Å². The molecule has 0 aliphatic rings. The number of benzene rings is 1. The van der Waals surface area contributed by atoms with E-state index in [0.29, 0.717) is 17.9 Å². The number of nitrogens with one attached hydrogen (secondary N) is 1. The van der Waals surface area contributed by atoms with Crippen LogP contribution < -0.4 is 5.32 Å².